The lowest BCUT2D eigenvalue weighted by molar-refractivity contribution is -0.120. The van der Waals surface area contributed by atoms with Crippen LogP contribution < -0.4 is 15.0 Å². The molecule has 1 amide bonds. The second-order valence-corrected chi connectivity index (χ2v) is 4.49. The van der Waals surface area contributed by atoms with E-state index in [-0.39, 0.29) is 17.8 Å². The Balaban J connectivity index is 2.97. The molecule has 1 aromatic rings. The number of nitrogens with one attached hydrogen (secondary N) is 1. The van der Waals surface area contributed by atoms with E-state index in [2.05, 4.69) is 15.3 Å². The van der Waals surface area contributed by atoms with Crippen molar-refractivity contribution in [2.45, 2.75) is 26.7 Å². The summed E-state index contributed by atoms with van der Waals surface area (Å²) >= 11 is 0. The van der Waals surface area contributed by atoms with Crippen molar-refractivity contribution in [2.24, 2.45) is 5.92 Å². The highest BCUT2D eigenvalue weighted by Gasteiger charge is 2.17. The number of nitrogens with zero attached hydrogens (tertiary/aromatic N) is 3. The summed E-state index contributed by atoms with van der Waals surface area (Å²) in [5, 5.41) is 2.88. The van der Waals surface area contributed by atoms with E-state index in [1.165, 1.54) is 7.11 Å². The summed E-state index contributed by atoms with van der Waals surface area (Å²) in [7, 11) is 5.22. The van der Waals surface area contributed by atoms with Gasteiger partial charge in [0.2, 0.25) is 5.91 Å². The van der Waals surface area contributed by atoms with Gasteiger partial charge in [-0.3, -0.25) is 4.79 Å². The molecule has 0 saturated carbocycles. The first-order valence-corrected chi connectivity index (χ1v) is 6.42. The molecule has 0 bridgehead atoms. The molecule has 0 aromatic carbocycles. The van der Waals surface area contributed by atoms with Crippen molar-refractivity contribution in [1.82, 2.24) is 9.97 Å². The second-order valence-electron chi connectivity index (χ2n) is 4.49. The van der Waals surface area contributed by atoms with Crippen LogP contribution in [0.1, 0.15) is 26.7 Å². The molecule has 0 unspecified atom stereocenters. The highest BCUT2D eigenvalue weighted by molar-refractivity contribution is 5.94. The third kappa shape index (κ3) is 3.81. The van der Waals surface area contributed by atoms with Gasteiger partial charge in [0.1, 0.15) is 5.69 Å². The smallest absolute Gasteiger partial charge is 0.318 e. The van der Waals surface area contributed by atoms with Gasteiger partial charge >= 0.3 is 6.01 Å². The molecule has 0 aliphatic heterocycles. The maximum atomic E-state index is 12.1. The van der Waals surface area contributed by atoms with Crippen LogP contribution in [0.15, 0.2) is 6.20 Å². The summed E-state index contributed by atoms with van der Waals surface area (Å²) in [4.78, 5) is 22.2. The number of ether oxygens (including phenoxy) is 1. The normalized spacial score (nSPS) is 10.4. The molecule has 19 heavy (non-hydrogen) atoms. The third-order valence-electron chi connectivity index (χ3n) is 2.97. The van der Waals surface area contributed by atoms with E-state index in [9.17, 15) is 4.79 Å². The maximum Gasteiger partial charge on any atom is 0.318 e. The lowest BCUT2D eigenvalue weighted by atomic mass is 10.0. The molecule has 106 valence electrons. The number of rotatable bonds is 6. The van der Waals surface area contributed by atoms with Crippen LogP contribution in [0.4, 0.5) is 11.5 Å². The van der Waals surface area contributed by atoms with Crippen molar-refractivity contribution < 1.29 is 9.53 Å². The van der Waals surface area contributed by atoms with Crippen LogP contribution in [0.2, 0.25) is 0 Å². The minimum atomic E-state index is 0.00173. The zero-order chi connectivity index (χ0) is 14.4. The van der Waals surface area contributed by atoms with E-state index < -0.39 is 0 Å². The van der Waals surface area contributed by atoms with Gasteiger partial charge < -0.3 is 15.0 Å². The lowest BCUT2D eigenvalue weighted by Crippen LogP contribution is -2.24. The number of hydrogen-bond donors (Lipinski definition) is 1. The highest BCUT2D eigenvalue weighted by atomic mass is 16.5. The third-order valence-corrected chi connectivity index (χ3v) is 2.97. The Kier molecular flexibility index (Phi) is 5.54. The largest absolute Gasteiger partial charge is 0.467 e. The summed E-state index contributed by atoms with van der Waals surface area (Å²) < 4.78 is 4.99. The molecule has 6 heteroatoms. The summed E-state index contributed by atoms with van der Waals surface area (Å²) in [6.07, 6.45) is 3.20. The molecule has 0 atom stereocenters. The van der Waals surface area contributed by atoms with Crippen molar-refractivity contribution in [3.8, 4) is 6.01 Å². The Morgan fingerprint density at radius 2 is 2.05 bits per heavy atom. The molecule has 0 spiro atoms. The van der Waals surface area contributed by atoms with E-state index in [0.717, 1.165) is 12.8 Å². The highest BCUT2D eigenvalue weighted by Crippen LogP contribution is 2.24. The molecular weight excluding hydrogens is 244 g/mol. The van der Waals surface area contributed by atoms with Crippen LogP contribution >= 0.6 is 0 Å². The average molecular weight is 266 g/mol. The van der Waals surface area contributed by atoms with Gasteiger partial charge in [0.15, 0.2) is 5.82 Å². The van der Waals surface area contributed by atoms with Gasteiger partial charge in [0.05, 0.1) is 13.3 Å². The monoisotopic (exact) mass is 266 g/mol. The molecule has 1 heterocycles. The minimum absolute atomic E-state index is 0.00173. The molecule has 1 rings (SSSR count). The first-order valence-electron chi connectivity index (χ1n) is 6.42. The zero-order valence-corrected chi connectivity index (χ0v) is 12.2. The summed E-state index contributed by atoms with van der Waals surface area (Å²) in [5.41, 5.74) is 0.600. The maximum absolute atomic E-state index is 12.1. The van der Waals surface area contributed by atoms with Gasteiger partial charge in [-0.1, -0.05) is 13.8 Å². The Morgan fingerprint density at radius 3 is 2.53 bits per heavy atom. The topological polar surface area (TPSA) is 67.3 Å². The predicted molar refractivity (Wildman–Crippen MR) is 75.6 cm³/mol. The van der Waals surface area contributed by atoms with E-state index in [1.807, 2.05) is 32.8 Å². The van der Waals surface area contributed by atoms with Gasteiger partial charge in [0.25, 0.3) is 0 Å². The fourth-order valence-electron chi connectivity index (χ4n) is 1.78. The molecule has 1 aromatic heterocycles. The van der Waals surface area contributed by atoms with Gasteiger partial charge in [-0.25, -0.2) is 4.98 Å². The molecule has 0 aliphatic rings. The Labute approximate surface area is 114 Å². The van der Waals surface area contributed by atoms with Crippen molar-refractivity contribution in [2.75, 3.05) is 31.4 Å². The Morgan fingerprint density at radius 1 is 1.42 bits per heavy atom. The van der Waals surface area contributed by atoms with Crippen molar-refractivity contribution >= 4 is 17.4 Å². The molecule has 0 radical (unpaired) electrons. The molecule has 0 fully saturated rings. The van der Waals surface area contributed by atoms with Crippen molar-refractivity contribution in [3.05, 3.63) is 6.20 Å². The summed E-state index contributed by atoms with van der Waals surface area (Å²) in [6, 6.07) is 0.282. The molecule has 0 saturated heterocycles. The molecule has 1 N–H and O–H groups in total. The minimum Gasteiger partial charge on any atom is -0.467 e. The van der Waals surface area contributed by atoms with Gasteiger partial charge in [-0.15, -0.1) is 0 Å². The van der Waals surface area contributed by atoms with Crippen LogP contribution in [0, 0.1) is 5.92 Å². The molecule has 0 aliphatic carbocycles. The SMILES string of the molecule is CCC(CC)C(=O)Nc1cnc(OC)nc1N(C)C. The number of aromatic nitrogens is 2. The van der Waals surface area contributed by atoms with Crippen molar-refractivity contribution in [3.63, 3.8) is 0 Å². The van der Waals surface area contributed by atoms with E-state index in [0.29, 0.717) is 11.5 Å². The van der Waals surface area contributed by atoms with Crippen LogP contribution in [0.3, 0.4) is 0 Å². The number of carbonyl (C=O) groups is 1. The summed E-state index contributed by atoms with van der Waals surface area (Å²) in [5.74, 6) is 0.644. The quantitative estimate of drug-likeness (QED) is 0.852. The first kappa shape index (κ1) is 15.2. The van der Waals surface area contributed by atoms with E-state index in [4.69, 9.17) is 4.74 Å². The second kappa shape index (κ2) is 6.92. The molecular formula is C13H22N4O2. The number of methoxy groups -OCH3 is 1. The number of carbonyl (C=O) groups excluding carboxylic acids is 1. The van der Waals surface area contributed by atoms with Gasteiger partial charge in [-0.05, 0) is 12.8 Å². The lowest BCUT2D eigenvalue weighted by Gasteiger charge is -2.18. The first-order chi connectivity index (χ1) is 9.03. The number of hydrogen-bond acceptors (Lipinski definition) is 5. The predicted octanol–water partition coefficient (Wildman–Crippen LogP) is 1.93. The van der Waals surface area contributed by atoms with Gasteiger partial charge in [-0.2, -0.15) is 4.98 Å². The van der Waals surface area contributed by atoms with Crippen LogP contribution in [-0.2, 0) is 4.79 Å². The fourth-order valence-corrected chi connectivity index (χ4v) is 1.78. The fraction of sp³-hybridized carbons (Fsp3) is 0.615. The standard InChI is InChI=1S/C13H22N4O2/c1-6-9(7-2)12(18)15-10-8-14-13(19-5)16-11(10)17(3)4/h8-9H,6-7H2,1-5H3,(H,15,18). The Bertz CT molecular complexity index is 431. The number of anilines is 2. The van der Waals surface area contributed by atoms with E-state index >= 15 is 0 Å². The molecule has 6 nitrogen and oxygen atoms in total. The van der Waals surface area contributed by atoms with Crippen LogP contribution in [0.25, 0.3) is 0 Å². The Hall–Kier alpha value is -1.85. The van der Waals surface area contributed by atoms with Crippen LogP contribution in [-0.4, -0.2) is 37.1 Å². The van der Waals surface area contributed by atoms with Crippen molar-refractivity contribution in [1.29, 1.82) is 0 Å². The summed E-state index contributed by atoms with van der Waals surface area (Å²) in [6.45, 7) is 4.01. The van der Waals surface area contributed by atoms with E-state index in [1.54, 1.807) is 6.20 Å². The average Bonchev–Trinajstić information content (AvgIpc) is 2.40. The number of amides is 1. The van der Waals surface area contributed by atoms with Gasteiger partial charge in [0, 0.05) is 20.0 Å². The van der Waals surface area contributed by atoms with Crippen LogP contribution in [0.5, 0.6) is 6.01 Å². The zero-order valence-electron chi connectivity index (χ0n) is 12.2.